The summed E-state index contributed by atoms with van der Waals surface area (Å²) in [5.41, 5.74) is 1.17. The van der Waals surface area contributed by atoms with Crippen LogP contribution in [0.4, 0.5) is 0 Å². The normalized spacial score (nSPS) is 19.2. The van der Waals surface area contributed by atoms with Crippen LogP contribution in [0.5, 0.6) is 0 Å². The zero-order chi connectivity index (χ0) is 13.8. The molecule has 0 saturated carbocycles. The number of likely N-dealkylation sites (tertiary alicyclic amines) is 1. The van der Waals surface area contributed by atoms with E-state index >= 15 is 0 Å². The van der Waals surface area contributed by atoms with E-state index < -0.39 is 0 Å². The van der Waals surface area contributed by atoms with Crippen molar-refractivity contribution in [2.45, 2.75) is 25.7 Å². The van der Waals surface area contributed by atoms with Gasteiger partial charge >= 0.3 is 0 Å². The van der Waals surface area contributed by atoms with Crippen molar-refractivity contribution < 1.29 is 4.79 Å². The Morgan fingerprint density at radius 1 is 1.50 bits per heavy atom. The number of aromatic amines is 1. The molecule has 1 aliphatic rings. The molecule has 2 aromatic heterocycles. The summed E-state index contributed by atoms with van der Waals surface area (Å²) in [6.07, 6.45) is 5.63. The molecular formula is C15H19N3OS. The van der Waals surface area contributed by atoms with Crippen molar-refractivity contribution in [3.05, 3.63) is 40.3 Å². The topological polar surface area (TPSA) is 49.0 Å². The molecule has 0 bridgehead atoms. The zero-order valence-corrected chi connectivity index (χ0v) is 12.2. The van der Waals surface area contributed by atoms with Gasteiger partial charge in [-0.2, -0.15) is 5.10 Å². The van der Waals surface area contributed by atoms with E-state index in [4.69, 9.17) is 0 Å². The van der Waals surface area contributed by atoms with E-state index in [-0.39, 0.29) is 5.91 Å². The number of carbonyl (C=O) groups is 1. The fourth-order valence-electron chi connectivity index (χ4n) is 2.84. The molecule has 1 N–H and O–H groups in total. The van der Waals surface area contributed by atoms with Gasteiger partial charge in [0, 0.05) is 29.9 Å². The smallest absolute Gasteiger partial charge is 0.227 e. The van der Waals surface area contributed by atoms with E-state index in [1.165, 1.54) is 12.1 Å². The standard InChI is InChI=1S/C15H19N3OS/c19-15(10-14-4-2-8-20-14)18-7-1-3-12(11-18)9-13-5-6-16-17-13/h2,4-6,8,12H,1,3,7,9-11H2,(H,16,17). The van der Waals surface area contributed by atoms with Crippen LogP contribution in [-0.4, -0.2) is 34.1 Å². The van der Waals surface area contributed by atoms with Crippen molar-refractivity contribution in [1.29, 1.82) is 0 Å². The Labute approximate surface area is 122 Å². The fourth-order valence-corrected chi connectivity index (χ4v) is 3.54. The fraction of sp³-hybridized carbons (Fsp3) is 0.467. The minimum Gasteiger partial charge on any atom is -0.342 e. The van der Waals surface area contributed by atoms with Crippen molar-refractivity contribution >= 4 is 17.2 Å². The summed E-state index contributed by atoms with van der Waals surface area (Å²) in [5.74, 6) is 0.818. The van der Waals surface area contributed by atoms with Crippen LogP contribution >= 0.6 is 11.3 Å². The van der Waals surface area contributed by atoms with E-state index in [2.05, 4.69) is 10.2 Å². The minimum atomic E-state index is 0.266. The van der Waals surface area contributed by atoms with Gasteiger partial charge in [-0.25, -0.2) is 0 Å². The van der Waals surface area contributed by atoms with Crippen LogP contribution in [-0.2, 0) is 17.6 Å². The number of hydrogen-bond donors (Lipinski definition) is 1. The number of carbonyl (C=O) groups excluding carboxylic acids is 1. The Morgan fingerprint density at radius 2 is 2.45 bits per heavy atom. The van der Waals surface area contributed by atoms with Gasteiger partial charge in [0.05, 0.1) is 6.42 Å². The summed E-state index contributed by atoms with van der Waals surface area (Å²) in [6.45, 7) is 1.78. The van der Waals surface area contributed by atoms with Crippen LogP contribution in [0.1, 0.15) is 23.4 Å². The molecule has 2 aromatic rings. The van der Waals surface area contributed by atoms with Crippen molar-refractivity contribution in [2.24, 2.45) is 5.92 Å². The molecule has 1 unspecified atom stereocenters. The number of H-pyrrole nitrogens is 1. The molecule has 0 radical (unpaired) electrons. The molecule has 106 valence electrons. The van der Waals surface area contributed by atoms with E-state index in [9.17, 15) is 4.79 Å². The third-order valence-electron chi connectivity index (χ3n) is 3.84. The van der Waals surface area contributed by atoms with Crippen molar-refractivity contribution in [2.75, 3.05) is 13.1 Å². The third-order valence-corrected chi connectivity index (χ3v) is 4.72. The molecule has 1 fully saturated rings. The van der Waals surface area contributed by atoms with Gasteiger partial charge in [0.2, 0.25) is 5.91 Å². The lowest BCUT2D eigenvalue weighted by Gasteiger charge is -2.32. The summed E-state index contributed by atoms with van der Waals surface area (Å²) < 4.78 is 0. The number of thiophene rings is 1. The Balaban J connectivity index is 1.56. The van der Waals surface area contributed by atoms with E-state index in [1.807, 2.05) is 28.5 Å². The van der Waals surface area contributed by atoms with Crippen LogP contribution in [0.3, 0.4) is 0 Å². The average molecular weight is 289 g/mol. The second-order valence-electron chi connectivity index (χ2n) is 5.39. The second kappa shape index (κ2) is 6.22. The van der Waals surface area contributed by atoms with Crippen molar-refractivity contribution in [3.63, 3.8) is 0 Å². The lowest BCUT2D eigenvalue weighted by atomic mass is 9.93. The van der Waals surface area contributed by atoms with E-state index in [1.54, 1.807) is 17.5 Å². The molecule has 3 heterocycles. The number of hydrogen-bond acceptors (Lipinski definition) is 3. The van der Waals surface area contributed by atoms with Crippen LogP contribution in [0.2, 0.25) is 0 Å². The highest BCUT2D eigenvalue weighted by Crippen LogP contribution is 2.21. The van der Waals surface area contributed by atoms with Gasteiger partial charge in [-0.05, 0) is 42.7 Å². The molecule has 4 nitrogen and oxygen atoms in total. The molecule has 3 rings (SSSR count). The number of nitrogens with one attached hydrogen (secondary N) is 1. The predicted octanol–water partition coefficient (Wildman–Crippen LogP) is 2.50. The molecule has 1 saturated heterocycles. The number of rotatable bonds is 4. The molecule has 1 amide bonds. The summed E-state index contributed by atoms with van der Waals surface area (Å²) >= 11 is 1.66. The summed E-state index contributed by atoms with van der Waals surface area (Å²) in [7, 11) is 0. The van der Waals surface area contributed by atoms with Crippen molar-refractivity contribution in [3.8, 4) is 0 Å². The highest BCUT2D eigenvalue weighted by Gasteiger charge is 2.24. The maximum Gasteiger partial charge on any atom is 0.227 e. The Kier molecular flexibility index (Phi) is 4.16. The summed E-state index contributed by atoms with van der Waals surface area (Å²) in [6, 6.07) is 6.06. The highest BCUT2D eigenvalue weighted by atomic mass is 32.1. The maximum absolute atomic E-state index is 12.3. The largest absolute Gasteiger partial charge is 0.342 e. The Hall–Kier alpha value is -1.62. The SMILES string of the molecule is O=C(Cc1cccs1)N1CCCC(Cc2ccn[nH]2)C1. The van der Waals surface area contributed by atoms with Crippen LogP contribution in [0.15, 0.2) is 29.8 Å². The predicted molar refractivity (Wildman–Crippen MR) is 79.6 cm³/mol. The van der Waals surface area contributed by atoms with Gasteiger partial charge in [0.1, 0.15) is 0 Å². The van der Waals surface area contributed by atoms with Gasteiger partial charge in [-0.15, -0.1) is 11.3 Å². The number of amides is 1. The first kappa shape index (κ1) is 13.4. The first-order chi connectivity index (χ1) is 9.81. The van der Waals surface area contributed by atoms with Gasteiger partial charge < -0.3 is 4.90 Å². The maximum atomic E-state index is 12.3. The molecular weight excluding hydrogens is 270 g/mol. The number of aromatic nitrogens is 2. The van der Waals surface area contributed by atoms with E-state index in [0.29, 0.717) is 12.3 Å². The molecule has 0 aromatic carbocycles. The number of piperidine rings is 1. The summed E-state index contributed by atoms with van der Waals surface area (Å²) in [5, 5.41) is 9.03. The monoisotopic (exact) mass is 289 g/mol. The quantitative estimate of drug-likeness (QED) is 0.940. The molecule has 1 aliphatic heterocycles. The van der Waals surface area contributed by atoms with Crippen LogP contribution in [0, 0.1) is 5.92 Å². The lowest BCUT2D eigenvalue weighted by molar-refractivity contribution is -0.132. The first-order valence-electron chi connectivity index (χ1n) is 7.09. The zero-order valence-electron chi connectivity index (χ0n) is 11.4. The Morgan fingerprint density at radius 3 is 3.20 bits per heavy atom. The van der Waals surface area contributed by atoms with Crippen LogP contribution < -0.4 is 0 Å². The molecule has 20 heavy (non-hydrogen) atoms. The van der Waals surface area contributed by atoms with E-state index in [0.717, 1.165) is 30.8 Å². The minimum absolute atomic E-state index is 0.266. The van der Waals surface area contributed by atoms with Crippen molar-refractivity contribution in [1.82, 2.24) is 15.1 Å². The molecule has 1 atom stereocenters. The first-order valence-corrected chi connectivity index (χ1v) is 7.97. The molecule has 5 heteroatoms. The highest BCUT2D eigenvalue weighted by molar-refractivity contribution is 7.10. The molecule has 0 spiro atoms. The van der Waals surface area contributed by atoms with Crippen LogP contribution in [0.25, 0.3) is 0 Å². The average Bonchev–Trinajstić information content (AvgIpc) is 3.12. The second-order valence-corrected chi connectivity index (χ2v) is 6.42. The third kappa shape index (κ3) is 3.28. The van der Waals surface area contributed by atoms with Gasteiger partial charge in [-0.1, -0.05) is 6.07 Å². The summed E-state index contributed by atoms with van der Waals surface area (Å²) in [4.78, 5) is 15.5. The van der Waals surface area contributed by atoms with Gasteiger partial charge in [0.25, 0.3) is 0 Å². The van der Waals surface area contributed by atoms with Gasteiger partial charge in [0.15, 0.2) is 0 Å². The Bertz CT molecular complexity index is 535. The number of nitrogens with zero attached hydrogens (tertiary/aromatic N) is 2. The molecule has 0 aliphatic carbocycles. The lowest BCUT2D eigenvalue weighted by Crippen LogP contribution is -2.41. The van der Waals surface area contributed by atoms with Gasteiger partial charge in [-0.3, -0.25) is 9.89 Å².